The molecule has 5 nitrogen and oxygen atoms in total. The first-order chi connectivity index (χ1) is 37.1. The summed E-state index contributed by atoms with van der Waals surface area (Å²) in [5.74, 6) is -0.578. The summed E-state index contributed by atoms with van der Waals surface area (Å²) < 4.78 is 10.7. The molecule has 0 aliphatic carbocycles. The van der Waals surface area contributed by atoms with Gasteiger partial charge in [0.1, 0.15) is 6.61 Å². The zero-order valence-electron chi connectivity index (χ0n) is 50.3. The normalized spacial score (nSPS) is 12.5. The van der Waals surface area contributed by atoms with E-state index in [2.05, 4.69) is 74.6 Å². The minimum atomic E-state index is -0.775. The Kier molecular flexibility index (Phi) is 63.8. The van der Waals surface area contributed by atoms with Crippen LogP contribution in [0.1, 0.15) is 354 Å². The minimum Gasteiger partial charge on any atom is -0.462 e. The van der Waals surface area contributed by atoms with Gasteiger partial charge in [0, 0.05) is 12.8 Å². The van der Waals surface area contributed by atoms with Crippen LogP contribution in [0, 0.1) is 0 Å². The van der Waals surface area contributed by atoms with Crippen molar-refractivity contribution in [3.63, 3.8) is 0 Å². The second-order valence-corrected chi connectivity index (χ2v) is 22.5. The molecule has 438 valence electrons. The smallest absolute Gasteiger partial charge is 0.306 e. The van der Waals surface area contributed by atoms with Gasteiger partial charge in [0.2, 0.25) is 0 Å². The van der Waals surface area contributed by atoms with Gasteiger partial charge in [-0.15, -0.1) is 0 Å². The molecule has 0 spiro atoms. The third-order valence-corrected chi connectivity index (χ3v) is 15.1. The van der Waals surface area contributed by atoms with E-state index in [-0.39, 0.29) is 25.2 Å². The highest BCUT2D eigenvalue weighted by Crippen LogP contribution is 2.19. The van der Waals surface area contributed by atoms with Crippen LogP contribution in [0.5, 0.6) is 0 Å². The van der Waals surface area contributed by atoms with Crippen molar-refractivity contribution in [2.75, 3.05) is 13.2 Å². The number of allylic oxidation sites excluding steroid dienone is 10. The number of hydrogen-bond donors (Lipinski definition) is 1. The lowest BCUT2D eigenvalue weighted by Crippen LogP contribution is -2.28. The molecule has 0 aliphatic heterocycles. The van der Waals surface area contributed by atoms with E-state index >= 15 is 0 Å². The molecule has 1 N–H and O–H groups in total. The van der Waals surface area contributed by atoms with Crippen molar-refractivity contribution in [1.82, 2.24) is 0 Å². The topological polar surface area (TPSA) is 72.8 Å². The fourth-order valence-electron chi connectivity index (χ4n) is 10.1. The van der Waals surface area contributed by atoms with E-state index in [1.165, 1.54) is 257 Å². The van der Waals surface area contributed by atoms with Gasteiger partial charge >= 0.3 is 11.9 Å². The van der Waals surface area contributed by atoms with Crippen LogP contribution in [-0.4, -0.2) is 36.4 Å². The Labute approximate surface area is 468 Å². The standard InChI is InChI=1S/C70H128O5/c1-3-5-7-9-11-13-15-17-19-21-23-25-27-29-31-32-33-34-35-36-37-39-40-42-44-46-48-50-52-54-56-58-60-62-64-69(72)74-67-68(66-71)75-70(73)65-63-61-59-57-55-53-51-49-47-45-43-41-38-30-28-26-24-22-20-18-16-14-12-10-8-6-4-2/h6,8,12,14,18,20,24,26,30,38,68,71H,3-5,7,9-11,13,15-17,19,21-23,25,27-29,31-37,39-67H2,1-2H3/b8-6-,14-12-,20-18-,26-24-,38-30-. The molecule has 5 heteroatoms. The van der Waals surface area contributed by atoms with Crippen molar-refractivity contribution < 1.29 is 24.2 Å². The average Bonchev–Trinajstić information content (AvgIpc) is 3.41. The van der Waals surface area contributed by atoms with E-state index in [1.54, 1.807) is 0 Å². The lowest BCUT2D eigenvalue weighted by molar-refractivity contribution is -0.161. The molecule has 0 amide bonds. The molecule has 0 aromatic rings. The lowest BCUT2D eigenvalue weighted by Gasteiger charge is -2.15. The number of rotatable bonds is 62. The number of carbonyl (C=O) groups is 2. The molecule has 0 fully saturated rings. The van der Waals surface area contributed by atoms with Gasteiger partial charge in [-0.1, -0.05) is 344 Å². The molecule has 0 bridgehead atoms. The molecule has 0 saturated heterocycles. The number of hydrogen-bond acceptors (Lipinski definition) is 5. The summed E-state index contributed by atoms with van der Waals surface area (Å²) in [7, 11) is 0. The number of unbranched alkanes of at least 4 members (excludes halogenated alkanes) is 44. The fraction of sp³-hybridized carbons (Fsp3) is 0.829. The van der Waals surface area contributed by atoms with E-state index < -0.39 is 6.10 Å². The summed E-state index contributed by atoms with van der Waals surface area (Å²) in [4.78, 5) is 24.6. The van der Waals surface area contributed by atoms with Gasteiger partial charge in [-0.3, -0.25) is 9.59 Å². The molecule has 1 unspecified atom stereocenters. The maximum Gasteiger partial charge on any atom is 0.306 e. The van der Waals surface area contributed by atoms with Crippen molar-refractivity contribution in [3.05, 3.63) is 60.8 Å². The first-order valence-electron chi connectivity index (χ1n) is 33.3. The first kappa shape index (κ1) is 72.6. The summed E-state index contributed by atoms with van der Waals surface area (Å²) in [6.45, 7) is 4.08. The van der Waals surface area contributed by atoms with Crippen LogP contribution in [0.3, 0.4) is 0 Å². The Balaban J connectivity index is 3.41. The van der Waals surface area contributed by atoms with Crippen LogP contribution < -0.4 is 0 Å². The Bertz CT molecular complexity index is 1280. The Morgan fingerprint density at radius 1 is 0.320 bits per heavy atom. The molecule has 0 aliphatic rings. The quantitative estimate of drug-likeness (QED) is 0.0373. The summed E-state index contributed by atoms with van der Waals surface area (Å²) in [6, 6.07) is 0. The zero-order chi connectivity index (χ0) is 54.1. The Hall–Kier alpha value is -2.40. The maximum absolute atomic E-state index is 12.3. The molecule has 0 saturated carbocycles. The molecule has 75 heavy (non-hydrogen) atoms. The highest BCUT2D eigenvalue weighted by Gasteiger charge is 2.16. The van der Waals surface area contributed by atoms with Crippen LogP contribution in [0.25, 0.3) is 0 Å². The Morgan fingerprint density at radius 2 is 0.573 bits per heavy atom. The molecular formula is C70H128O5. The van der Waals surface area contributed by atoms with Gasteiger partial charge in [-0.05, 0) is 57.8 Å². The van der Waals surface area contributed by atoms with Gasteiger partial charge in [-0.25, -0.2) is 0 Å². The van der Waals surface area contributed by atoms with E-state index in [1.807, 2.05) is 0 Å². The number of esters is 2. The maximum atomic E-state index is 12.3. The summed E-state index contributed by atoms with van der Waals surface area (Å²) in [6.07, 6.45) is 89.6. The molecule has 0 aromatic carbocycles. The second-order valence-electron chi connectivity index (χ2n) is 22.5. The summed E-state index contributed by atoms with van der Waals surface area (Å²) in [5.41, 5.74) is 0. The largest absolute Gasteiger partial charge is 0.462 e. The molecule has 0 heterocycles. The minimum absolute atomic E-state index is 0.0644. The predicted octanol–water partition coefficient (Wildman–Crippen LogP) is 22.9. The zero-order valence-corrected chi connectivity index (χ0v) is 50.3. The van der Waals surface area contributed by atoms with Crippen LogP contribution in [0.2, 0.25) is 0 Å². The third-order valence-electron chi connectivity index (χ3n) is 15.1. The highest BCUT2D eigenvalue weighted by molar-refractivity contribution is 5.70. The van der Waals surface area contributed by atoms with Gasteiger partial charge in [0.25, 0.3) is 0 Å². The molecule has 1 atom stereocenters. The predicted molar refractivity (Wildman–Crippen MR) is 330 cm³/mol. The Morgan fingerprint density at radius 3 is 0.867 bits per heavy atom. The van der Waals surface area contributed by atoms with Crippen LogP contribution in [0.4, 0.5) is 0 Å². The molecular weight excluding hydrogens is 921 g/mol. The van der Waals surface area contributed by atoms with Crippen molar-refractivity contribution in [1.29, 1.82) is 0 Å². The lowest BCUT2D eigenvalue weighted by atomic mass is 10.0. The van der Waals surface area contributed by atoms with Gasteiger partial charge in [0.15, 0.2) is 6.10 Å². The van der Waals surface area contributed by atoms with Crippen LogP contribution in [-0.2, 0) is 19.1 Å². The van der Waals surface area contributed by atoms with Crippen LogP contribution >= 0.6 is 0 Å². The number of ether oxygens (including phenoxy) is 2. The van der Waals surface area contributed by atoms with E-state index in [0.29, 0.717) is 12.8 Å². The molecule has 0 radical (unpaired) electrons. The SMILES string of the molecule is CC/C=C\C/C=C\C/C=C\C/C=C\C/C=C\CCCCCCCCCCCCCC(=O)OC(CO)COC(=O)CCCCCCCCCCCCCCCCCCCCCCCCCCCCCCCCCCCC. The van der Waals surface area contributed by atoms with Gasteiger partial charge < -0.3 is 14.6 Å². The fourth-order valence-corrected chi connectivity index (χ4v) is 10.1. The summed E-state index contributed by atoms with van der Waals surface area (Å²) >= 11 is 0. The van der Waals surface area contributed by atoms with E-state index in [0.717, 1.165) is 70.6 Å². The van der Waals surface area contributed by atoms with Crippen LogP contribution in [0.15, 0.2) is 60.8 Å². The highest BCUT2D eigenvalue weighted by atomic mass is 16.6. The molecule has 0 rings (SSSR count). The van der Waals surface area contributed by atoms with Gasteiger partial charge in [-0.2, -0.15) is 0 Å². The van der Waals surface area contributed by atoms with E-state index in [4.69, 9.17) is 9.47 Å². The number of aliphatic hydroxyl groups is 1. The monoisotopic (exact) mass is 1050 g/mol. The number of aliphatic hydroxyl groups excluding tert-OH is 1. The first-order valence-corrected chi connectivity index (χ1v) is 33.3. The molecule has 0 aromatic heterocycles. The van der Waals surface area contributed by atoms with Crippen molar-refractivity contribution in [2.24, 2.45) is 0 Å². The van der Waals surface area contributed by atoms with Crippen molar-refractivity contribution in [2.45, 2.75) is 360 Å². The number of carbonyl (C=O) groups excluding carboxylic acids is 2. The summed E-state index contributed by atoms with van der Waals surface area (Å²) in [5, 5.41) is 9.69. The van der Waals surface area contributed by atoms with Crippen molar-refractivity contribution in [3.8, 4) is 0 Å². The third kappa shape index (κ3) is 64.0. The average molecular weight is 1050 g/mol. The van der Waals surface area contributed by atoms with E-state index in [9.17, 15) is 14.7 Å². The second kappa shape index (κ2) is 65.9. The van der Waals surface area contributed by atoms with Crippen molar-refractivity contribution >= 4 is 11.9 Å². The van der Waals surface area contributed by atoms with Gasteiger partial charge in [0.05, 0.1) is 6.61 Å².